The zero-order chi connectivity index (χ0) is 17.5. The Kier molecular flexibility index (Phi) is 5.61. The van der Waals surface area contributed by atoms with Crippen molar-refractivity contribution in [3.05, 3.63) is 42.5 Å². The third kappa shape index (κ3) is 4.79. The van der Waals surface area contributed by atoms with E-state index >= 15 is 0 Å². The van der Waals surface area contributed by atoms with Gasteiger partial charge in [-0.2, -0.15) is 5.10 Å². The molecule has 0 aliphatic carbocycles. The lowest BCUT2D eigenvalue weighted by molar-refractivity contribution is -0.128. The minimum absolute atomic E-state index is 0.215. The van der Waals surface area contributed by atoms with Gasteiger partial charge in [-0.3, -0.25) is 25.1 Å². The highest BCUT2D eigenvalue weighted by atomic mass is 16.2. The number of rotatable bonds is 6. The number of hydrogen-bond acceptors (Lipinski definition) is 5. The molecule has 2 aromatic rings. The molecule has 2 amide bonds. The Labute approximate surface area is 146 Å². The molecule has 0 bridgehead atoms. The van der Waals surface area contributed by atoms with Crippen LogP contribution in [-0.4, -0.2) is 39.7 Å². The van der Waals surface area contributed by atoms with E-state index < -0.39 is 0 Å². The fourth-order valence-electron chi connectivity index (χ4n) is 2.94. The Morgan fingerprint density at radius 3 is 2.84 bits per heavy atom. The second-order valence-corrected chi connectivity index (χ2v) is 6.01. The van der Waals surface area contributed by atoms with Gasteiger partial charge in [-0.05, 0) is 30.9 Å². The van der Waals surface area contributed by atoms with E-state index in [0.29, 0.717) is 19.4 Å². The molecule has 3 rings (SSSR count). The highest BCUT2D eigenvalue weighted by Gasteiger charge is 2.18. The molecular formula is C17H22N6O2. The number of para-hydroxylation sites is 1. The minimum atomic E-state index is -0.221. The van der Waals surface area contributed by atoms with Gasteiger partial charge in [-0.15, -0.1) is 0 Å². The molecule has 0 saturated heterocycles. The van der Waals surface area contributed by atoms with E-state index in [9.17, 15) is 9.59 Å². The summed E-state index contributed by atoms with van der Waals surface area (Å²) in [7, 11) is 0. The SMILES string of the molecule is O=C(CCCn1cncn1)NNC(=O)CN1CCCc2ccccc21. The molecule has 2 heterocycles. The molecule has 0 saturated carbocycles. The van der Waals surface area contributed by atoms with Crippen molar-refractivity contribution in [1.29, 1.82) is 0 Å². The van der Waals surface area contributed by atoms with E-state index in [1.165, 1.54) is 11.9 Å². The molecule has 0 spiro atoms. The standard InChI is InChI=1S/C17H22N6O2/c24-16(8-4-10-23-13-18-12-19-23)20-21-17(25)11-22-9-3-6-14-5-1-2-7-15(14)22/h1-2,5,7,12-13H,3-4,6,8-11H2,(H,20,24)(H,21,25). The van der Waals surface area contributed by atoms with Crippen molar-refractivity contribution in [2.75, 3.05) is 18.0 Å². The topological polar surface area (TPSA) is 92.1 Å². The number of aryl methyl sites for hydroxylation is 2. The van der Waals surface area contributed by atoms with Crippen LogP contribution in [0, 0.1) is 0 Å². The third-order valence-corrected chi connectivity index (χ3v) is 4.14. The zero-order valence-electron chi connectivity index (χ0n) is 14.0. The summed E-state index contributed by atoms with van der Waals surface area (Å²) in [6.07, 6.45) is 6.07. The summed E-state index contributed by atoms with van der Waals surface area (Å²) in [5, 5.41) is 3.97. The maximum absolute atomic E-state index is 12.1. The first-order valence-corrected chi connectivity index (χ1v) is 8.45. The Hall–Kier alpha value is -2.90. The fourth-order valence-corrected chi connectivity index (χ4v) is 2.94. The van der Waals surface area contributed by atoms with E-state index in [1.807, 2.05) is 23.1 Å². The van der Waals surface area contributed by atoms with Crippen molar-refractivity contribution < 1.29 is 9.59 Å². The third-order valence-electron chi connectivity index (χ3n) is 4.14. The summed E-state index contributed by atoms with van der Waals surface area (Å²) < 4.78 is 1.67. The zero-order valence-corrected chi connectivity index (χ0v) is 14.0. The summed E-state index contributed by atoms with van der Waals surface area (Å²) in [5.74, 6) is -0.436. The monoisotopic (exact) mass is 342 g/mol. The van der Waals surface area contributed by atoms with Crippen LogP contribution in [0.1, 0.15) is 24.8 Å². The van der Waals surface area contributed by atoms with Crippen LogP contribution in [0.5, 0.6) is 0 Å². The molecule has 132 valence electrons. The number of fused-ring (bicyclic) bond motifs is 1. The lowest BCUT2D eigenvalue weighted by atomic mass is 10.0. The number of nitrogens with zero attached hydrogens (tertiary/aromatic N) is 4. The first kappa shape index (κ1) is 16.9. The largest absolute Gasteiger partial charge is 0.362 e. The van der Waals surface area contributed by atoms with Crippen LogP contribution >= 0.6 is 0 Å². The number of benzene rings is 1. The molecule has 25 heavy (non-hydrogen) atoms. The molecule has 0 unspecified atom stereocenters. The van der Waals surface area contributed by atoms with Crippen LogP contribution in [0.3, 0.4) is 0 Å². The lowest BCUT2D eigenvalue weighted by Gasteiger charge is -2.30. The average molecular weight is 342 g/mol. The number of aromatic nitrogens is 3. The predicted octanol–water partition coefficient (Wildman–Crippen LogP) is 0.659. The van der Waals surface area contributed by atoms with Gasteiger partial charge in [0, 0.05) is 25.2 Å². The summed E-state index contributed by atoms with van der Waals surface area (Å²) in [4.78, 5) is 29.8. The highest BCUT2D eigenvalue weighted by Crippen LogP contribution is 2.26. The average Bonchev–Trinajstić information content (AvgIpc) is 3.14. The molecule has 1 aromatic heterocycles. The van der Waals surface area contributed by atoms with Gasteiger partial charge in [0.15, 0.2) is 0 Å². The number of anilines is 1. The van der Waals surface area contributed by atoms with Gasteiger partial charge in [0.05, 0.1) is 6.54 Å². The van der Waals surface area contributed by atoms with E-state index in [1.54, 1.807) is 11.0 Å². The smallest absolute Gasteiger partial charge is 0.257 e. The number of carbonyl (C=O) groups excluding carboxylic acids is 2. The Morgan fingerprint density at radius 1 is 1.16 bits per heavy atom. The van der Waals surface area contributed by atoms with Gasteiger partial charge in [0.1, 0.15) is 12.7 Å². The van der Waals surface area contributed by atoms with Gasteiger partial charge in [0.25, 0.3) is 5.91 Å². The number of carbonyl (C=O) groups is 2. The van der Waals surface area contributed by atoms with Gasteiger partial charge in [-0.25, -0.2) is 4.98 Å². The van der Waals surface area contributed by atoms with Gasteiger partial charge in [-0.1, -0.05) is 18.2 Å². The van der Waals surface area contributed by atoms with Crippen LogP contribution in [0.4, 0.5) is 5.69 Å². The molecular weight excluding hydrogens is 320 g/mol. The van der Waals surface area contributed by atoms with Crippen LogP contribution in [0.15, 0.2) is 36.9 Å². The Bertz CT molecular complexity index is 716. The minimum Gasteiger partial charge on any atom is -0.362 e. The number of hydrogen-bond donors (Lipinski definition) is 2. The van der Waals surface area contributed by atoms with Crippen molar-refractivity contribution in [3.8, 4) is 0 Å². The van der Waals surface area contributed by atoms with Crippen molar-refractivity contribution in [1.82, 2.24) is 25.6 Å². The van der Waals surface area contributed by atoms with Crippen molar-refractivity contribution in [3.63, 3.8) is 0 Å². The number of hydrazine groups is 1. The highest BCUT2D eigenvalue weighted by molar-refractivity contribution is 5.85. The molecule has 0 radical (unpaired) electrons. The van der Waals surface area contributed by atoms with Crippen molar-refractivity contribution >= 4 is 17.5 Å². The second-order valence-electron chi connectivity index (χ2n) is 6.01. The molecule has 8 heteroatoms. The first-order chi connectivity index (χ1) is 12.2. The van der Waals surface area contributed by atoms with E-state index in [2.05, 4.69) is 27.0 Å². The molecule has 1 aliphatic rings. The predicted molar refractivity (Wildman–Crippen MR) is 92.5 cm³/mol. The van der Waals surface area contributed by atoms with E-state index in [-0.39, 0.29) is 18.4 Å². The summed E-state index contributed by atoms with van der Waals surface area (Å²) in [6, 6.07) is 8.12. The first-order valence-electron chi connectivity index (χ1n) is 8.45. The second kappa shape index (κ2) is 8.27. The van der Waals surface area contributed by atoms with Gasteiger partial charge in [0.2, 0.25) is 5.91 Å². The van der Waals surface area contributed by atoms with E-state index in [0.717, 1.165) is 25.1 Å². The van der Waals surface area contributed by atoms with Crippen molar-refractivity contribution in [2.24, 2.45) is 0 Å². The molecule has 0 atom stereocenters. The van der Waals surface area contributed by atoms with Crippen LogP contribution in [0.2, 0.25) is 0 Å². The van der Waals surface area contributed by atoms with Crippen LogP contribution in [0.25, 0.3) is 0 Å². The fraction of sp³-hybridized carbons (Fsp3) is 0.412. The maximum atomic E-state index is 12.1. The summed E-state index contributed by atoms with van der Waals surface area (Å²) in [6.45, 7) is 1.69. The van der Waals surface area contributed by atoms with Crippen LogP contribution in [-0.2, 0) is 22.6 Å². The van der Waals surface area contributed by atoms with Crippen LogP contribution < -0.4 is 15.8 Å². The maximum Gasteiger partial charge on any atom is 0.257 e. The summed E-state index contributed by atoms with van der Waals surface area (Å²) >= 11 is 0. The van der Waals surface area contributed by atoms with Gasteiger partial charge >= 0.3 is 0 Å². The number of nitrogens with one attached hydrogen (secondary N) is 2. The van der Waals surface area contributed by atoms with Crippen molar-refractivity contribution in [2.45, 2.75) is 32.2 Å². The molecule has 2 N–H and O–H groups in total. The lowest BCUT2D eigenvalue weighted by Crippen LogP contribution is -2.47. The molecule has 0 fully saturated rings. The molecule has 1 aromatic carbocycles. The molecule has 1 aliphatic heterocycles. The Balaban J connectivity index is 1.39. The molecule has 8 nitrogen and oxygen atoms in total. The summed E-state index contributed by atoms with van der Waals surface area (Å²) in [5.41, 5.74) is 7.32. The van der Waals surface area contributed by atoms with E-state index in [4.69, 9.17) is 0 Å². The normalized spacial score (nSPS) is 13.2. The quantitative estimate of drug-likeness (QED) is 0.753. The Morgan fingerprint density at radius 2 is 2.00 bits per heavy atom. The van der Waals surface area contributed by atoms with Gasteiger partial charge < -0.3 is 4.90 Å². The number of amides is 2.